The normalized spacial score (nSPS) is 18.5. The first-order valence-corrected chi connectivity index (χ1v) is 12.4. The van der Waals surface area contributed by atoms with Gasteiger partial charge in [-0.2, -0.15) is 0 Å². The van der Waals surface area contributed by atoms with E-state index in [0.29, 0.717) is 0 Å². The number of benzene rings is 1. The van der Waals surface area contributed by atoms with Crippen LogP contribution in [-0.4, -0.2) is 38.8 Å². The zero-order chi connectivity index (χ0) is 22.1. The van der Waals surface area contributed by atoms with Gasteiger partial charge in [-0.05, 0) is 51.5 Å². The van der Waals surface area contributed by atoms with E-state index in [1.54, 1.807) is 5.51 Å². The third kappa shape index (κ3) is 4.01. The molecule has 1 atom stereocenters. The first kappa shape index (κ1) is 21.1. The maximum Gasteiger partial charge on any atom is 0.266 e. The van der Waals surface area contributed by atoms with Crippen molar-refractivity contribution in [1.82, 2.24) is 19.9 Å². The van der Waals surface area contributed by atoms with E-state index in [4.69, 9.17) is 9.97 Å². The largest absolute Gasteiger partial charge is 0.352 e. The van der Waals surface area contributed by atoms with Gasteiger partial charge in [-0.15, -0.1) is 11.3 Å². The molecule has 0 spiro atoms. The molecule has 0 N–H and O–H groups in total. The van der Waals surface area contributed by atoms with E-state index in [1.807, 2.05) is 11.8 Å². The molecule has 1 aromatic carbocycles. The molecule has 0 saturated carbocycles. The van der Waals surface area contributed by atoms with Gasteiger partial charge in [0, 0.05) is 30.9 Å². The molecule has 1 saturated heterocycles. The summed E-state index contributed by atoms with van der Waals surface area (Å²) in [5.74, 6) is 1.90. The molecule has 0 bridgehead atoms. The van der Waals surface area contributed by atoms with E-state index in [2.05, 4.69) is 47.1 Å². The van der Waals surface area contributed by atoms with E-state index in [1.165, 1.54) is 22.5 Å². The standard InChI is InChI=1S/C25H29N5OS/c1-17-20-11-8-13-29(15-19-9-4-3-5-10-19)24(20)28-23(27-17)21-12-6-7-14-30(21)25(31)22-18(2)26-16-32-22/h3-5,9-10,16,21H,6-8,11-15H2,1-2H3. The number of anilines is 1. The maximum atomic E-state index is 13.4. The third-order valence-electron chi connectivity index (χ3n) is 6.58. The van der Waals surface area contributed by atoms with Crippen LogP contribution >= 0.6 is 11.3 Å². The fourth-order valence-electron chi connectivity index (χ4n) is 4.90. The highest BCUT2D eigenvalue weighted by Crippen LogP contribution is 2.35. The number of carbonyl (C=O) groups is 1. The van der Waals surface area contributed by atoms with Gasteiger partial charge in [0.25, 0.3) is 5.91 Å². The summed E-state index contributed by atoms with van der Waals surface area (Å²) in [7, 11) is 0. The molecule has 0 aliphatic carbocycles. The van der Waals surface area contributed by atoms with E-state index in [-0.39, 0.29) is 11.9 Å². The van der Waals surface area contributed by atoms with Crippen molar-refractivity contribution in [2.75, 3.05) is 18.0 Å². The molecular weight excluding hydrogens is 418 g/mol. The lowest BCUT2D eigenvalue weighted by atomic mass is 9.99. The predicted molar refractivity (Wildman–Crippen MR) is 127 cm³/mol. The van der Waals surface area contributed by atoms with Crippen molar-refractivity contribution in [2.24, 2.45) is 0 Å². The monoisotopic (exact) mass is 447 g/mol. The maximum absolute atomic E-state index is 13.4. The smallest absolute Gasteiger partial charge is 0.266 e. The number of amides is 1. The van der Waals surface area contributed by atoms with Crippen molar-refractivity contribution < 1.29 is 4.79 Å². The molecule has 1 fully saturated rings. The molecule has 2 aliphatic rings. The van der Waals surface area contributed by atoms with E-state index in [0.717, 1.165) is 79.6 Å². The molecule has 5 rings (SSSR count). The first-order chi connectivity index (χ1) is 15.6. The van der Waals surface area contributed by atoms with Crippen LogP contribution in [0.5, 0.6) is 0 Å². The van der Waals surface area contributed by atoms with Crippen molar-refractivity contribution >= 4 is 23.1 Å². The third-order valence-corrected chi connectivity index (χ3v) is 7.50. The molecule has 1 amide bonds. The second kappa shape index (κ2) is 8.98. The Hall–Kier alpha value is -2.80. The van der Waals surface area contributed by atoms with Crippen LogP contribution in [-0.2, 0) is 13.0 Å². The Balaban J connectivity index is 1.49. The Labute approximate surface area is 193 Å². The number of thiazole rings is 1. The van der Waals surface area contributed by atoms with Crippen LogP contribution in [0.4, 0.5) is 5.82 Å². The topological polar surface area (TPSA) is 62.2 Å². The van der Waals surface area contributed by atoms with Gasteiger partial charge in [0.15, 0.2) is 5.82 Å². The highest BCUT2D eigenvalue weighted by Gasteiger charge is 2.33. The second-order valence-corrected chi connectivity index (χ2v) is 9.61. The first-order valence-electron chi connectivity index (χ1n) is 11.5. The Morgan fingerprint density at radius 3 is 2.69 bits per heavy atom. The van der Waals surface area contributed by atoms with Gasteiger partial charge in [-0.25, -0.2) is 15.0 Å². The second-order valence-electron chi connectivity index (χ2n) is 8.76. The van der Waals surface area contributed by atoms with Crippen LogP contribution in [0.15, 0.2) is 35.8 Å². The highest BCUT2D eigenvalue weighted by molar-refractivity contribution is 7.11. The van der Waals surface area contributed by atoms with E-state index < -0.39 is 0 Å². The molecule has 2 aliphatic heterocycles. The minimum Gasteiger partial charge on any atom is -0.352 e. The van der Waals surface area contributed by atoms with Gasteiger partial charge in [-0.1, -0.05) is 30.3 Å². The molecule has 6 nitrogen and oxygen atoms in total. The molecule has 7 heteroatoms. The zero-order valence-corrected chi connectivity index (χ0v) is 19.6. The molecule has 2 aromatic heterocycles. The van der Waals surface area contributed by atoms with Crippen molar-refractivity contribution in [3.05, 3.63) is 69.1 Å². The lowest BCUT2D eigenvalue weighted by Gasteiger charge is -2.36. The quantitative estimate of drug-likeness (QED) is 0.571. The van der Waals surface area contributed by atoms with Crippen molar-refractivity contribution in [3.8, 4) is 0 Å². The van der Waals surface area contributed by atoms with Gasteiger partial charge in [-0.3, -0.25) is 4.79 Å². The summed E-state index contributed by atoms with van der Waals surface area (Å²) in [4.78, 5) is 32.8. The Kier molecular flexibility index (Phi) is 5.91. The minimum absolute atomic E-state index is 0.0646. The minimum atomic E-state index is -0.0812. The Morgan fingerprint density at radius 1 is 1.06 bits per heavy atom. The molecule has 32 heavy (non-hydrogen) atoms. The summed E-state index contributed by atoms with van der Waals surface area (Å²) >= 11 is 1.42. The number of rotatable bonds is 4. The number of fused-ring (bicyclic) bond motifs is 1. The van der Waals surface area contributed by atoms with Crippen LogP contribution in [0.3, 0.4) is 0 Å². The predicted octanol–water partition coefficient (Wildman–Crippen LogP) is 4.87. The SMILES string of the molecule is Cc1ncsc1C(=O)N1CCCCC1c1nc(C)c2c(n1)N(Cc1ccccc1)CCC2. The summed E-state index contributed by atoms with van der Waals surface area (Å²) < 4.78 is 0. The van der Waals surface area contributed by atoms with Gasteiger partial charge < -0.3 is 9.80 Å². The summed E-state index contributed by atoms with van der Waals surface area (Å²) in [5.41, 5.74) is 6.15. The molecular formula is C25H29N5OS. The lowest BCUT2D eigenvalue weighted by molar-refractivity contribution is 0.0603. The highest BCUT2D eigenvalue weighted by atomic mass is 32.1. The number of piperidine rings is 1. The van der Waals surface area contributed by atoms with Gasteiger partial charge in [0.1, 0.15) is 10.7 Å². The van der Waals surface area contributed by atoms with Crippen LogP contribution < -0.4 is 4.90 Å². The Morgan fingerprint density at radius 2 is 1.91 bits per heavy atom. The van der Waals surface area contributed by atoms with Gasteiger partial charge in [0.05, 0.1) is 17.2 Å². The Bertz CT molecular complexity index is 1110. The van der Waals surface area contributed by atoms with Crippen LogP contribution in [0.1, 0.15) is 69.7 Å². The lowest BCUT2D eigenvalue weighted by Crippen LogP contribution is -2.40. The summed E-state index contributed by atoms with van der Waals surface area (Å²) in [6.07, 6.45) is 5.14. The van der Waals surface area contributed by atoms with Gasteiger partial charge in [0.2, 0.25) is 0 Å². The van der Waals surface area contributed by atoms with Gasteiger partial charge >= 0.3 is 0 Å². The summed E-state index contributed by atoms with van der Waals surface area (Å²) in [6.45, 7) is 6.58. The molecule has 4 heterocycles. The number of hydrogen-bond acceptors (Lipinski definition) is 6. The number of carbonyl (C=O) groups excluding carboxylic acids is 1. The van der Waals surface area contributed by atoms with E-state index >= 15 is 0 Å². The number of aryl methyl sites for hydroxylation is 2. The average molecular weight is 448 g/mol. The molecule has 1 unspecified atom stereocenters. The van der Waals surface area contributed by atoms with Crippen molar-refractivity contribution in [2.45, 2.75) is 58.5 Å². The summed E-state index contributed by atoms with van der Waals surface area (Å²) in [5, 5.41) is 0. The fraction of sp³-hybridized carbons (Fsp3) is 0.440. The van der Waals surface area contributed by atoms with Crippen LogP contribution in [0.25, 0.3) is 0 Å². The number of hydrogen-bond donors (Lipinski definition) is 0. The van der Waals surface area contributed by atoms with Crippen molar-refractivity contribution in [3.63, 3.8) is 0 Å². The molecule has 166 valence electrons. The van der Waals surface area contributed by atoms with Crippen LogP contribution in [0, 0.1) is 13.8 Å². The molecule has 0 radical (unpaired) electrons. The number of likely N-dealkylation sites (tertiary alicyclic amines) is 1. The number of aromatic nitrogens is 3. The fourth-order valence-corrected chi connectivity index (χ4v) is 5.65. The average Bonchev–Trinajstić information content (AvgIpc) is 3.25. The number of nitrogens with zero attached hydrogens (tertiary/aromatic N) is 5. The summed E-state index contributed by atoms with van der Waals surface area (Å²) in [6, 6.07) is 10.5. The van der Waals surface area contributed by atoms with E-state index in [9.17, 15) is 4.79 Å². The zero-order valence-electron chi connectivity index (χ0n) is 18.8. The van der Waals surface area contributed by atoms with Crippen molar-refractivity contribution in [1.29, 1.82) is 0 Å². The van der Waals surface area contributed by atoms with Crippen LogP contribution in [0.2, 0.25) is 0 Å². The molecule has 3 aromatic rings.